The molecule has 0 radical (unpaired) electrons. The van der Waals surface area contributed by atoms with Crippen molar-refractivity contribution < 1.29 is 23.1 Å². The van der Waals surface area contributed by atoms with Gasteiger partial charge in [-0.05, 0) is 55.1 Å². The van der Waals surface area contributed by atoms with Gasteiger partial charge in [0.1, 0.15) is 0 Å². The van der Waals surface area contributed by atoms with E-state index in [-0.39, 0.29) is 6.04 Å². The summed E-state index contributed by atoms with van der Waals surface area (Å²) in [6.07, 6.45) is -0.461. The molecule has 0 amide bonds. The van der Waals surface area contributed by atoms with E-state index in [9.17, 15) is 23.1 Å². The molecule has 2 aromatic rings. The summed E-state index contributed by atoms with van der Waals surface area (Å²) in [4.78, 5) is 18.0. The zero-order valence-corrected chi connectivity index (χ0v) is 15.6. The van der Waals surface area contributed by atoms with E-state index in [0.717, 1.165) is 30.5 Å². The molecule has 0 saturated carbocycles. The van der Waals surface area contributed by atoms with E-state index in [1.165, 1.54) is 12.1 Å². The Morgan fingerprint density at radius 1 is 1.25 bits per heavy atom. The molecule has 0 bridgehead atoms. The molecule has 1 aliphatic heterocycles. The SMILES string of the molecule is CCc1ccc(C(c2ccc(C(F)(F)F)cc2)N2CCCC(C(=O)O)C2)nc1. The van der Waals surface area contributed by atoms with Crippen LogP contribution < -0.4 is 0 Å². The van der Waals surface area contributed by atoms with Crippen LogP contribution in [0.3, 0.4) is 0 Å². The Bertz CT molecular complexity index is 804. The number of piperidine rings is 1. The lowest BCUT2D eigenvalue weighted by Gasteiger charge is -2.37. The third kappa shape index (κ3) is 4.52. The number of pyridine rings is 1. The van der Waals surface area contributed by atoms with Crippen molar-refractivity contribution in [3.8, 4) is 0 Å². The summed E-state index contributed by atoms with van der Waals surface area (Å²) in [7, 11) is 0. The first kappa shape index (κ1) is 20.3. The second-order valence-electron chi connectivity index (χ2n) is 7.14. The summed E-state index contributed by atoms with van der Waals surface area (Å²) in [5, 5.41) is 9.41. The van der Waals surface area contributed by atoms with Gasteiger partial charge in [-0.2, -0.15) is 13.2 Å². The zero-order chi connectivity index (χ0) is 20.3. The van der Waals surface area contributed by atoms with Gasteiger partial charge in [0.05, 0.1) is 23.2 Å². The molecule has 2 atom stereocenters. The summed E-state index contributed by atoms with van der Waals surface area (Å²) in [6, 6.07) is 8.53. The number of alkyl halides is 3. The molecule has 1 aliphatic rings. The largest absolute Gasteiger partial charge is 0.481 e. The molecule has 1 fully saturated rings. The number of carbonyl (C=O) groups is 1. The van der Waals surface area contributed by atoms with Crippen molar-refractivity contribution in [3.63, 3.8) is 0 Å². The molecule has 7 heteroatoms. The number of nitrogens with zero attached hydrogens (tertiary/aromatic N) is 2. The first-order valence-electron chi connectivity index (χ1n) is 9.38. The molecule has 0 spiro atoms. The molecular weight excluding hydrogens is 369 g/mol. The Morgan fingerprint density at radius 2 is 1.96 bits per heavy atom. The summed E-state index contributed by atoms with van der Waals surface area (Å²) >= 11 is 0. The van der Waals surface area contributed by atoms with Crippen molar-refractivity contribution in [2.45, 2.75) is 38.4 Å². The standard InChI is InChI=1S/C21H23F3N2O2/c1-2-14-5-10-18(25-12-14)19(26-11-3-4-16(13-26)20(27)28)15-6-8-17(9-7-15)21(22,23)24/h5-10,12,16,19H,2-4,11,13H2,1H3,(H,27,28). The molecule has 1 aromatic heterocycles. The van der Waals surface area contributed by atoms with Gasteiger partial charge >= 0.3 is 12.1 Å². The number of aromatic nitrogens is 1. The maximum Gasteiger partial charge on any atom is 0.416 e. The topological polar surface area (TPSA) is 53.4 Å². The van der Waals surface area contributed by atoms with E-state index in [1.54, 1.807) is 6.20 Å². The zero-order valence-electron chi connectivity index (χ0n) is 15.6. The maximum absolute atomic E-state index is 12.9. The molecule has 3 rings (SSSR count). The van der Waals surface area contributed by atoms with Crippen LogP contribution in [0.25, 0.3) is 0 Å². The van der Waals surface area contributed by atoms with Gasteiger partial charge in [0.15, 0.2) is 0 Å². The highest BCUT2D eigenvalue weighted by Crippen LogP contribution is 2.34. The van der Waals surface area contributed by atoms with Crippen molar-refractivity contribution in [3.05, 3.63) is 65.0 Å². The monoisotopic (exact) mass is 392 g/mol. The van der Waals surface area contributed by atoms with Crippen LogP contribution in [-0.2, 0) is 17.4 Å². The van der Waals surface area contributed by atoms with Crippen molar-refractivity contribution >= 4 is 5.97 Å². The van der Waals surface area contributed by atoms with Gasteiger partial charge < -0.3 is 5.11 Å². The van der Waals surface area contributed by atoms with Crippen LogP contribution in [0.2, 0.25) is 0 Å². The van der Waals surface area contributed by atoms with Crippen molar-refractivity contribution in [2.24, 2.45) is 5.92 Å². The number of aliphatic carboxylic acids is 1. The normalized spacial score (nSPS) is 19.4. The van der Waals surface area contributed by atoms with Gasteiger partial charge in [-0.1, -0.05) is 25.1 Å². The smallest absolute Gasteiger partial charge is 0.416 e. The average Bonchev–Trinajstić information content (AvgIpc) is 2.69. The molecule has 28 heavy (non-hydrogen) atoms. The average molecular weight is 392 g/mol. The second-order valence-corrected chi connectivity index (χ2v) is 7.14. The number of carboxylic acid groups (broad SMARTS) is 1. The highest BCUT2D eigenvalue weighted by molar-refractivity contribution is 5.70. The number of carboxylic acids is 1. The Balaban J connectivity index is 1.97. The number of benzene rings is 1. The number of likely N-dealkylation sites (tertiary alicyclic amines) is 1. The molecule has 1 saturated heterocycles. The van der Waals surface area contributed by atoms with Gasteiger partial charge in [0, 0.05) is 12.7 Å². The molecule has 2 unspecified atom stereocenters. The first-order chi connectivity index (χ1) is 13.3. The van der Waals surface area contributed by atoms with E-state index >= 15 is 0 Å². The Kier molecular flexibility index (Phi) is 6.03. The van der Waals surface area contributed by atoms with Gasteiger partial charge in [-0.25, -0.2) is 0 Å². The number of aryl methyl sites for hydroxylation is 1. The van der Waals surface area contributed by atoms with Crippen LogP contribution in [-0.4, -0.2) is 34.0 Å². The van der Waals surface area contributed by atoms with Crippen LogP contribution in [0.1, 0.15) is 48.2 Å². The minimum absolute atomic E-state index is 0.345. The van der Waals surface area contributed by atoms with Crippen molar-refractivity contribution in [1.82, 2.24) is 9.88 Å². The Labute approximate surface area is 162 Å². The molecule has 0 aliphatic carbocycles. The number of hydrogen-bond donors (Lipinski definition) is 1. The highest BCUT2D eigenvalue weighted by Gasteiger charge is 2.33. The lowest BCUT2D eigenvalue weighted by molar-refractivity contribution is -0.144. The quantitative estimate of drug-likeness (QED) is 0.811. The van der Waals surface area contributed by atoms with Crippen LogP contribution in [0.5, 0.6) is 0 Å². The van der Waals surface area contributed by atoms with Crippen LogP contribution >= 0.6 is 0 Å². The minimum atomic E-state index is -4.39. The van der Waals surface area contributed by atoms with E-state index in [4.69, 9.17) is 0 Å². The molecule has 2 heterocycles. The predicted octanol–water partition coefficient (Wildman–Crippen LogP) is 4.55. The summed E-state index contributed by atoms with van der Waals surface area (Å²) < 4.78 is 38.8. The third-order valence-electron chi connectivity index (χ3n) is 5.26. The fraction of sp³-hybridized carbons (Fsp3) is 0.429. The first-order valence-corrected chi connectivity index (χ1v) is 9.38. The Morgan fingerprint density at radius 3 is 2.50 bits per heavy atom. The van der Waals surface area contributed by atoms with Crippen LogP contribution in [0.15, 0.2) is 42.6 Å². The summed E-state index contributed by atoms with van der Waals surface area (Å²) in [5.74, 6) is -1.33. The molecule has 150 valence electrons. The third-order valence-corrected chi connectivity index (χ3v) is 5.26. The fourth-order valence-electron chi connectivity index (χ4n) is 3.67. The van der Waals surface area contributed by atoms with Crippen molar-refractivity contribution in [1.29, 1.82) is 0 Å². The predicted molar refractivity (Wildman–Crippen MR) is 98.8 cm³/mol. The number of hydrogen-bond acceptors (Lipinski definition) is 3. The second kappa shape index (κ2) is 8.31. The van der Waals surface area contributed by atoms with E-state index < -0.39 is 23.6 Å². The molecular formula is C21H23F3N2O2. The maximum atomic E-state index is 12.9. The lowest BCUT2D eigenvalue weighted by atomic mass is 9.93. The van der Waals surface area contributed by atoms with Crippen LogP contribution in [0.4, 0.5) is 13.2 Å². The summed E-state index contributed by atoms with van der Waals surface area (Å²) in [6.45, 7) is 3.04. The van der Waals surface area contributed by atoms with Crippen molar-refractivity contribution in [2.75, 3.05) is 13.1 Å². The Hall–Kier alpha value is -2.41. The minimum Gasteiger partial charge on any atom is -0.481 e. The van der Waals surface area contributed by atoms with Gasteiger partial charge in [0.25, 0.3) is 0 Å². The molecule has 4 nitrogen and oxygen atoms in total. The van der Waals surface area contributed by atoms with Gasteiger partial charge in [-0.15, -0.1) is 0 Å². The van der Waals surface area contributed by atoms with Gasteiger partial charge in [0.2, 0.25) is 0 Å². The number of halogens is 3. The fourth-order valence-corrected chi connectivity index (χ4v) is 3.67. The molecule has 1 N–H and O–H groups in total. The van der Waals surface area contributed by atoms with E-state index in [2.05, 4.69) is 4.98 Å². The van der Waals surface area contributed by atoms with Crippen LogP contribution in [0, 0.1) is 5.92 Å². The molecule has 1 aromatic carbocycles. The highest BCUT2D eigenvalue weighted by atomic mass is 19.4. The number of rotatable bonds is 5. The lowest BCUT2D eigenvalue weighted by Crippen LogP contribution is -2.41. The van der Waals surface area contributed by atoms with E-state index in [1.807, 2.05) is 24.0 Å². The summed E-state index contributed by atoms with van der Waals surface area (Å²) in [5.41, 5.74) is 1.75. The van der Waals surface area contributed by atoms with E-state index in [0.29, 0.717) is 30.8 Å². The van der Waals surface area contributed by atoms with Gasteiger partial charge in [-0.3, -0.25) is 14.7 Å².